The summed E-state index contributed by atoms with van der Waals surface area (Å²) in [5, 5.41) is 8.52. The summed E-state index contributed by atoms with van der Waals surface area (Å²) >= 11 is 0. The molecule has 0 amide bonds. The third-order valence-corrected chi connectivity index (χ3v) is 1.96. The fraction of sp³-hybridized carbons (Fsp3) is 0.444. The van der Waals surface area contributed by atoms with Gasteiger partial charge in [0, 0.05) is 6.04 Å². The molecule has 0 aromatic carbocycles. The van der Waals surface area contributed by atoms with Crippen molar-refractivity contribution in [1.29, 1.82) is 0 Å². The molecule has 0 aliphatic carbocycles. The van der Waals surface area contributed by atoms with E-state index in [1.807, 2.05) is 0 Å². The SMILES string of the molecule is Cc1ccc(C(N)C(N)CC(=O)O)o1. The largest absolute Gasteiger partial charge is 0.481 e. The van der Waals surface area contributed by atoms with Gasteiger partial charge in [0.1, 0.15) is 11.5 Å². The Balaban J connectivity index is 2.65. The van der Waals surface area contributed by atoms with Crippen LogP contribution in [0.25, 0.3) is 0 Å². The Morgan fingerprint density at radius 3 is 2.64 bits per heavy atom. The van der Waals surface area contributed by atoms with E-state index in [1.165, 1.54) is 0 Å². The van der Waals surface area contributed by atoms with Gasteiger partial charge < -0.3 is 21.0 Å². The molecule has 2 atom stereocenters. The van der Waals surface area contributed by atoms with Crippen LogP contribution in [0.5, 0.6) is 0 Å². The highest BCUT2D eigenvalue weighted by molar-refractivity contribution is 5.67. The van der Waals surface area contributed by atoms with Crippen LogP contribution < -0.4 is 11.5 Å². The Morgan fingerprint density at radius 1 is 1.57 bits per heavy atom. The maximum absolute atomic E-state index is 10.4. The Morgan fingerprint density at radius 2 is 2.21 bits per heavy atom. The fourth-order valence-electron chi connectivity index (χ4n) is 1.17. The molecule has 0 radical (unpaired) electrons. The second-order valence-electron chi connectivity index (χ2n) is 3.24. The van der Waals surface area contributed by atoms with E-state index < -0.39 is 18.1 Å². The molecule has 1 heterocycles. The molecular formula is C9H14N2O3. The average molecular weight is 198 g/mol. The number of carbonyl (C=O) groups is 1. The van der Waals surface area contributed by atoms with Crippen LogP contribution in [0.4, 0.5) is 0 Å². The van der Waals surface area contributed by atoms with Gasteiger partial charge in [-0.3, -0.25) is 4.79 Å². The average Bonchev–Trinajstić information content (AvgIpc) is 2.49. The summed E-state index contributed by atoms with van der Waals surface area (Å²) < 4.78 is 5.25. The van der Waals surface area contributed by atoms with Crippen LogP contribution in [-0.4, -0.2) is 17.1 Å². The molecule has 1 aromatic rings. The van der Waals surface area contributed by atoms with E-state index in [0.717, 1.165) is 5.76 Å². The Hall–Kier alpha value is -1.33. The molecule has 0 bridgehead atoms. The van der Waals surface area contributed by atoms with Crippen LogP contribution in [0, 0.1) is 6.92 Å². The van der Waals surface area contributed by atoms with Gasteiger partial charge in [-0.05, 0) is 19.1 Å². The molecule has 0 aliphatic rings. The van der Waals surface area contributed by atoms with Gasteiger partial charge in [-0.25, -0.2) is 0 Å². The minimum atomic E-state index is -0.962. The Labute approximate surface area is 81.7 Å². The molecule has 5 heteroatoms. The maximum Gasteiger partial charge on any atom is 0.304 e. The van der Waals surface area contributed by atoms with Gasteiger partial charge in [-0.15, -0.1) is 0 Å². The second kappa shape index (κ2) is 4.26. The zero-order chi connectivity index (χ0) is 10.7. The molecule has 78 valence electrons. The molecule has 0 spiro atoms. The van der Waals surface area contributed by atoms with Crippen molar-refractivity contribution in [2.45, 2.75) is 25.4 Å². The van der Waals surface area contributed by atoms with E-state index in [1.54, 1.807) is 19.1 Å². The number of aliphatic carboxylic acids is 1. The zero-order valence-corrected chi connectivity index (χ0v) is 7.93. The van der Waals surface area contributed by atoms with Crippen molar-refractivity contribution < 1.29 is 14.3 Å². The van der Waals surface area contributed by atoms with Crippen molar-refractivity contribution in [3.8, 4) is 0 Å². The highest BCUT2D eigenvalue weighted by Crippen LogP contribution is 2.17. The molecule has 2 unspecified atom stereocenters. The van der Waals surface area contributed by atoms with Crippen molar-refractivity contribution in [3.63, 3.8) is 0 Å². The minimum Gasteiger partial charge on any atom is -0.481 e. The summed E-state index contributed by atoms with van der Waals surface area (Å²) in [7, 11) is 0. The Bertz CT molecular complexity index is 322. The van der Waals surface area contributed by atoms with Crippen molar-refractivity contribution in [2.24, 2.45) is 11.5 Å². The summed E-state index contributed by atoms with van der Waals surface area (Å²) in [6.07, 6.45) is -0.166. The van der Waals surface area contributed by atoms with E-state index in [0.29, 0.717) is 5.76 Å². The highest BCUT2D eigenvalue weighted by Gasteiger charge is 2.20. The summed E-state index contributed by atoms with van der Waals surface area (Å²) in [5.41, 5.74) is 11.3. The van der Waals surface area contributed by atoms with E-state index in [-0.39, 0.29) is 6.42 Å². The lowest BCUT2D eigenvalue weighted by atomic mass is 10.0. The highest BCUT2D eigenvalue weighted by atomic mass is 16.4. The van der Waals surface area contributed by atoms with Gasteiger partial charge in [0.2, 0.25) is 0 Å². The van der Waals surface area contributed by atoms with Crippen LogP contribution >= 0.6 is 0 Å². The second-order valence-corrected chi connectivity index (χ2v) is 3.24. The Kier molecular flexibility index (Phi) is 3.27. The van der Waals surface area contributed by atoms with Gasteiger partial charge >= 0.3 is 5.97 Å². The first-order valence-corrected chi connectivity index (χ1v) is 4.30. The lowest BCUT2D eigenvalue weighted by molar-refractivity contribution is -0.137. The maximum atomic E-state index is 10.4. The quantitative estimate of drug-likeness (QED) is 0.649. The van der Waals surface area contributed by atoms with Crippen LogP contribution in [0.1, 0.15) is 24.0 Å². The number of furan rings is 1. The molecule has 5 nitrogen and oxygen atoms in total. The molecule has 1 aromatic heterocycles. The lowest BCUT2D eigenvalue weighted by Crippen LogP contribution is -2.35. The third-order valence-electron chi connectivity index (χ3n) is 1.96. The number of aryl methyl sites for hydroxylation is 1. The molecular weight excluding hydrogens is 184 g/mol. The van der Waals surface area contributed by atoms with Crippen LogP contribution in [0.2, 0.25) is 0 Å². The van der Waals surface area contributed by atoms with E-state index in [9.17, 15) is 4.79 Å². The number of hydrogen-bond acceptors (Lipinski definition) is 4. The summed E-state index contributed by atoms with van der Waals surface area (Å²) in [6.45, 7) is 1.79. The van der Waals surface area contributed by atoms with Crippen LogP contribution in [0.3, 0.4) is 0 Å². The molecule has 0 fully saturated rings. The number of carboxylic acid groups (broad SMARTS) is 1. The number of hydrogen-bond donors (Lipinski definition) is 3. The number of nitrogens with two attached hydrogens (primary N) is 2. The third kappa shape index (κ3) is 2.58. The van der Waals surface area contributed by atoms with Gasteiger partial charge in [0.05, 0.1) is 12.5 Å². The van der Waals surface area contributed by atoms with Gasteiger partial charge in [0.25, 0.3) is 0 Å². The topological polar surface area (TPSA) is 102 Å². The molecule has 14 heavy (non-hydrogen) atoms. The normalized spacial score (nSPS) is 15.1. The van der Waals surface area contributed by atoms with Gasteiger partial charge in [-0.2, -0.15) is 0 Å². The van der Waals surface area contributed by atoms with Crippen LogP contribution in [0.15, 0.2) is 16.5 Å². The van der Waals surface area contributed by atoms with Gasteiger partial charge in [-0.1, -0.05) is 0 Å². The van der Waals surface area contributed by atoms with Crippen LogP contribution in [-0.2, 0) is 4.79 Å². The van der Waals surface area contributed by atoms with Gasteiger partial charge in [0.15, 0.2) is 0 Å². The molecule has 5 N–H and O–H groups in total. The minimum absolute atomic E-state index is 0.166. The predicted molar refractivity (Wildman–Crippen MR) is 50.6 cm³/mol. The smallest absolute Gasteiger partial charge is 0.304 e. The number of rotatable bonds is 4. The van der Waals surface area contributed by atoms with Crippen molar-refractivity contribution in [3.05, 3.63) is 23.7 Å². The molecule has 1 rings (SSSR count). The first kappa shape index (κ1) is 10.7. The lowest BCUT2D eigenvalue weighted by Gasteiger charge is -2.15. The fourth-order valence-corrected chi connectivity index (χ4v) is 1.17. The molecule has 0 saturated carbocycles. The van der Waals surface area contributed by atoms with Crippen molar-refractivity contribution >= 4 is 5.97 Å². The zero-order valence-electron chi connectivity index (χ0n) is 7.93. The first-order valence-electron chi connectivity index (χ1n) is 4.30. The van der Waals surface area contributed by atoms with E-state index in [4.69, 9.17) is 21.0 Å². The summed E-state index contributed by atoms with van der Waals surface area (Å²) in [6, 6.07) is 2.28. The van der Waals surface area contributed by atoms with E-state index in [2.05, 4.69) is 0 Å². The monoisotopic (exact) mass is 198 g/mol. The summed E-state index contributed by atoms with van der Waals surface area (Å²) in [5.74, 6) is 0.297. The predicted octanol–water partition coefficient (Wildman–Crippen LogP) is 0.390. The van der Waals surface area contributed by atoms with Crippen molar-refractivity contribution in [2.75, 3.05) is 0 Å². The van der Waals surface area contributed by atoms with Crippen molar-refractivity contribution in [1.82, 2.24) is 0 Å². The standard InChI is InChI=1S/C9H14N2O3/c1-5-2-3-7(14-5)9(11)6(10)4-8(12)13/h2-3,6,9H,4,10-11H2,1H3,(H,12,13). The number of carboxylic acids is 1. The van der Waals surface area contributed by atoms with E-state index >= 15 is 0 Å². The molecule has 0 aliphatic heterocycles. The first-order chi connectivity index (χ1) is 6.50. The summed E-state index contributed by atoms with van der Waals surface area (Å²) in [4.78, 5) is 10.4. The molecule has 0 saturated heterocycles.